The van der Waals surface area contributed by atoms with Gasteiger partial charge in [-0.1, -0.05) is 6.07 Å². The van der Waals surface area contributed by atoms with Gasteiger partial charge in [-0.25, -0.2) is 4.98 Å². The van der Waals surface area contributed by atoms with Gasteiger partial charge in [0, 0.05) is 6.07 Å². The van der Waals surface area contributed by atoms with Crippen molar-refractivity contribution in [3.8, 4) is 17.6 Å². The highest BCUT2D eigenvalue weighted by Crippen LogP contribution is 2.32. The molecule has 2 rings (SSSR count). The Balaban J connectivity index is 2.37. The Morgan fingerprint density at radius 3 is 2.80 bits per heavy atom. The Morgan fingerprint density at radius 1 is 1.40 bits per heavy atom. The number of halogens is 1. The van der Waals surface area contributed by atoms with Crippen molar-refractivity contribution in [3.63, 3.8) is 0 Å². The van der Waals surface area contributed by atoms with E-state index in [1.807, 2.05) is 0 Å². The van der Waals surface area contributed by atoms with E-state index in [1.165, 1.54) is 25.4 Å². The Kier molecular flexibility index (Phi) is 4.14. The second-order valence-electron chi connectivity index (χ2n) is 3.84. The molecule has 0 saturated heterocycles. The summed E-state index contributed by atoms with van der Waals surface area (Å²) in [6.45, 7) is 1.76. The van der Waals surface area contributed by atoms with Crippen LogP contribution < -0.4 is 9.47 Å². The van der Waals surface area contributed by atoms with Crippen molar-refractivity contribution in [1.82, 2.24) is 9.97 Å². The van der Waals surface area contributed by atoms with Crippen molar-refractivity contribution in [2.24, 2.45) is 0 Å². The van der Waals surface area contributed by atoms with Crippen molar-refractivity contribution in [2.75, 3.05) is 7.11 Å². The summed E-state index contributed by atoms with van der Waals surface area (Å²) in [4.78, 5) is 18.4. The smallest absolute Gasteiger partial charge is 0.325 e. The number of rotatable bonds is 4. The normalized spacial score (nSPS) is 10.2. The fourth-order valence-corrected chi connectivity index (χ4v) is 1.84. The van der Waals surface area contributed by atoms with Crippen LogP contribution in [-0.2, 0) is 0 Å². The van der Waals surface area contributed by atoms with Crippen LogP contribution in [0.3, 0.4) is 0 Å². The number of ether oxygens (including phenoxy) is 2. The minimum absolute atomic E-state index is 0.0306. The van der Waals surface area contributed by atoms with Crippen molar-refractivity contribution in [2.45, 2.75) is 6.92 Å². The first-order valence-corrected chi connectivity index (χ1v) is 6.30. The highest BCUT2D eigenvalue weighted by Gasteiger charge is 2.17. The van der Waals surface area contributed by atoms with Gasteiger partial charge in [-0.3, -0.25) is 10.1 Å². The van der Waals surface area contributed by atoms with Crippen LogP contribution in [0.15, 0.2) is 28.9 Å². The quantitative estimate of drug-likeness (QED) is 0.627. The van der Waals surface area contributed by atoms with Gasteiger partial charge in [0.05, 0.1) is 22.7 Å². The van der Waals surface area contributed by atoms with Crippen molar-refractivity contribution < 1.29 is 14.4 Å². The van der Waals surface area contributed by atoms with E-state index in [2.05, 4.69) is 25.9 Å². The number of nitro groups is 1. The van der Waals surface area contributed by atoms with Crippen molar-refractivity contribution in [3.05, 3.63) is 44.5 Å². The molecule has 0 unspecified atom stereocenters. The summed E-state index contributed by atoms with van der Waals surface area (Å²) < 4.78 is 10.9. The largest absolute Gasteiger partial charge is 0.480 e. The van der Waals surface area contributed by atoms with Crippen LogP contribution in [-0.4, -0.2) is 22.0 Å². The van der Waals surface area contributed by atoms with Gasteiger partial charge in [0.2, 0.25) is 11.6 Å². The van der Waals surface area contributed by atoms with Gasteiger partial charge in [-0.2, -0.15) is 4.98 Å². The molecule has 104 valence electrons. The Labute approximate surface area is 122 Å². The fourth-order valence-electron chi connectivity index (χ4n) is 1.48. The van der Waals surface area contributed by atoms with E-state index in [0.29, 0.717) is 4.47 Å². The Morgan fingerprint density at radius 2 is 2.15 bits per heavy atom. The van der Waals surface area contributed by atoms with E-state index < -0.39 is 4.92 Å². The van der Waals surface area contributed by atoms with Crippen molar-refractivity contribution >= 4 is 21.6 Å². The molecule has 0 aliphatic rings. The number of aromatic nitrogens is 2. The molecule has 0 aliphatic heterocycles. The molecule has 0 spiro atoms. The number of methoxy groups -OCH3 is 1. The van der Waals surface area contributed by atoms with Crippen LogP contribution in [0.5, 0.6) is 17.6 Å². The zero-order valence-electron chi connectivity index (χ0n) is 10.7. The third-order valence-corrected chi connectivity index (χ3v) is 2.94. The third-order valence-electron chi connectivity index (χ3n) is 2.40. The lowest BCUT2D eigenvalue weighted by Crippen LogP contribution is -1.98. The summed E-state index contributed by atoms with van der Waals surface area (Å²) >= 11 is 3.21. The first-order valence-electron chi connectivity index (χ1n) is 5.50. The van der Waals surface area contributed by atoms with E-state index in [1.54, 1.807) is 13.0 Å². The lowest BCUT2D eigenvalue weighted by atomic mass is 10.2. The van der Waals surface area contributed by atoms with E-state index in [4.69, 9.17) is 9.47 Å². The van der Waals surface area contributed by atoms with Crippen LogP contribution in [0.1, 0.15) is 5.56 Å². The molecule has 0 aliphatic carbocycles. The van der Waals surface area contributed by atoms with Gasteiger partial charge in [0.25, 0.3) is 0 Å². The molecule has 0 bridgehead atoms. The topological polar surface area (TPSA) is 87.4 Å². The van der Waals surface area contributed by atoms with Gasteiger partial charge in [0.1, 0.15) is 0 Å². The number of nitrogens with zero attached hydrogens (tertiary/aromatic N) is 3. The zero-order valence-corrected chi connectivity index (χ0v) is 12.2. The number of aryl methyl sites for hydroxylation is 1. The molecule has 2 aromatic rings. The van der Waals surface area contributed by atoms with Crippen LogP contribution in [0.4, 0.5) is 5.69 Å². The molecule has 0 fully saturated rings. The SMILES string of the molecule is COc1nc(Oc2ccc(C)cc2[N+](=O)[O-])ncc1Br. The molecule has 20 heavy (non-hydrogen) atoms. The number of hydrogen-bond donors (Lipinski definition) is 0. The second-order valence-corrected chi connectivity index (χ2v) is 4.69. The molecule has 8 heteroatoms. The van der Waals surface area contributed by atoms with Gasteiger partial charge in [-0.05, 0) is 34.5 Å². The highest BCUT2D eigenvalue weighted by molar-refractivity contribution is 9.10. The second kappa shape index (κ2) is 5.83. The summed E-state index contributed by atoms with van der Waals surface area (Å²) in [6.07, 6.45) is 1.45. The average Bonchev–Trinajstić information content (AvgIpc) is 2.42. The minimum atomic E-state index is -0.515. The molecule has 1 heterocycles. The van der Waals surface area contributed by atoms with E-state index in [-0.39, 0.29) is 23.3 Å². The zero-order chi connectivity index (χ0) is 14.7. The first kappa shape index (κ1) is 14.2. The monoisotopic (exact) mass is 339 g/mol. The molecule has 0 N–H and O–H groups in total. The summed E-state index contributed by atoms with van der Waals surface area (Å²) in [5.41, 5.74) is 0.619. The van der Waals surface area contributed by atoms with Crippen molar-refractivity contribution in [1.29, 1.82) is 0 Å². The lowest BCUT2D eigenvalue weighted by Gasteiger charge is -2.07. The molecule has 0 atom stereocenters. The van der Waals surface area contributed by atoms with E-state index in [0.717, 1.165) is 5.56 Å². The van der Waals surface area contributed by atoms with Gasteiger partial charge in [0.15, 0.2) is 0 Å². The minimum Gasteiger partial charge on any atom is -0.480 e. The third kappa shape index (κ3) is 3.02. The predicted molar refractivity (Wildman–Crippen MR) is 74.2 cm³/mol. The predicted octanol–water partition coefficient (Wildman–Crippen LogP) is 3.26. The first-order chi connectivity index (χ1) is 9.51. The van der Waals surface area contributed by atoms with Crippen LogP contribution in [0.2, 0.25) is 0 Å². The summed E-state index contributed by atoms with van der Waals surface area (Å²) in [6, 6.07) is 4.60. The standard InChI is InChI=1S/C12H10BrN3O4/c1-7-3-4-10(9(5-7)16(17)18)20-12-14-6-8(13)11(15-12)19-2/h3-6H,1-2H3. The Bertz CT molecular complexity index is 663. The molecule has 0 radical (unpaired) electrons. The van der Waals surface area contributed by atoms with Gasteiger partial charge >= 0.3 is 11.7 Å². The van der Waals surface area contributed by atoms with Crippen LogP contribution >= 0.6 is 15.9 Å². The van der Waals surface area contributed by atoms with Crippen LogP contribution in [0, 0.1) is 17.0 Å². The number of benzene rings is 1. The lowest BCUT2D eigenvalue weighted by molar-refractivity contribution is -0.385. The molecular formula is C12H10BrN3O4. The highest BCUT2D eigenvalue weighted by atomic mass is 79.9. The molecule has 1 aromatic heterocycles. The summed E-state index contributed by atoms with van der Waals surface area (Å²) in [5, 5.41) is 11.0. The number of hydrogen-bond acceptors (Lipinski definition) is 6. The molecule has 0 amide bonds. The van der Waals surface area contributed by atoms with Crippen LogP contribution in [0.25, 0.3) is 0 Å². The molecule has 1 aromatic carbocycles. The maximum atomic E-state index is 11.0. The maximum Gasteiger partial charge on any atom is 0.325 e. The fraction of sp³-hybridized carbons (Fsp3) is 0.167. The van der Waals surface area contributed by atoms with E-state index in [9.17, 15) is 10.1 Å². The van der Waals surface area contributed by atoms with Gasteiger partial charge < -0.3 is 9.47 Å². The number of nitro benzene ring substituents is 1. The average molecular weight is 340 g/mol. The maximum absolute atomic E-state index is 11.0. The molecule has 0 saturated carbocycles. The van der Waals surface area contributed by atoms with E-state index >= 15 is 0 Å². The Hall–Kier alpha value is -2.22. The summed E-state index contributed by atoms with van der Waals surface area (Å²) in [5.74, 6) is 0.356. The molecular weight excluding hydrogens is 330 g/mol. The van der Waals surface area contributed by atoms with Gasteiger partial charge in [-0.15, -0.1) is 0 Å². The molecule has 7 nitrogen and oxygen atoms in total. The summed E-state index contributed by atoms with van der Waals surface area (Å²) in [7, 11) is 1.45.